The van der Waals surface area contributed by atoms with Crippen molar-refractivity contribution in [3.8, 4) is 0 Å². The second-order valence-corrected chi connectivity index (χ2v) is 5.66. The number of sulfonamides is 1. The lowest BCUT2D eigenvalue weighted by Crippen LogP contribution is -2.46. The minimum atomic E-state index is -6.30. The van der Waals surface area contributed by atoms with Crippen molar-refractivity contribution in [2.24, 2.45) is 5.73 Å². The van der Waals surface area contributed by atoms with Gasteiger partial charge in [0.25, 0.3) is 0 Å². The molecule has 0 aromatic rings. The highest BCUT2D eigenvalue weighted by molar-refractivity contribution is 7.90. The van der Waals surface area contributed by atoms with Crippen molar-refractivity contribution < 1.29 is 39.6 Å². The molecule has 3 N–H and O–H groups in total. The van der Waals surface area contributed by atoms with Crippen LogP contribution in [0.15, 0.2) is 11.6 Å². The van der Waals surface area contributed by atoms with Gasteiger partial charge in [-0.1, -0.05) is 11.6 Å². The van der Waals surface area contributed by atoms with Gasteiger partial charge in [-0.05, 0) is 20.8 Å². The zero-order valence-electron chi connectivity index (χ0n) is 11.1. The molecule has 0 saturated heterocycles. The molecule has 0 rings (SSSR count). The Hall–Kier alpha value is -1.30. The summed E-state index contributed by atoms with van der Waals surface area (Å²) >= 11 is 0. The number of halogens is 6. The Morgan fingerprint density at radius 1 is 1.14 bits per heavy atom. The molecule has 0 spiro atoms. The van der Waals surface area contributed by atoms with E-state index in [1.165, 1.54) is 5.57 Å². The second kappa shape index (κ2) is 7.64. The minimum Gasteiger partial charge on any atom is -0.325 e. The summed E-state index contributed by atoms with van der Waals surface area (Å²) in [6.45, 7) is 6.06. The lowest BCUT2D eigenvalue weighted by atomic mass is 10.2. The topological polar surface area (TPSA) is 89.3 Å². The molecule has 0 bridgehead atoms. The van der Waals surface area contributed by atoms with E-state index in [9.17, 15) is 39.6 Å². The standard InChI is InChI=1S/C6H13N.C3HF6NO3S/c1-5(2)4-6(3)7;4-2(5,6)1(11)10-14(12,13)3(7,8)9/h4,6H,7H2,1-3H3;(H,10,11). The van der Waals surface area contributed by atoms with Crippen LogP contribution in [0, 0.1) is 0 Å². The van der Waals surface area contributed by atoms with Gasteiger partial charge in [-0.3, -0.25) is 4.79 Å². The van der Waals surface area contributed by atoms with Crippen LogP contribution in [0.25, 0.3) is 0 Å². The number of rotatable bonds is 2. The molecule has 21 heavy (non-hydrogen) atoms. The van der Waals surface area contributed by atoms with Crippen LogP contribution in [0.5, 0.6) is 0 Å². The van der Waals surface area contributed by atoms with Gasteiger partial charge in [0.15, 0.2) is 0 Å². The number of alkyl halides is 6. The predicted molar refractivity (Wildman–Crippen MR) is 62.3 cm³/mol. The lowest BCUT2D eigenvalue weighted by molar-refractivity contribution is -0.171. The molecule has 0 saturated carbocycles. The van der Waals surface area contributed by atoms with Crippen LogP contribution in [-0.4, -0.2) is 32.1 Å². The van der Waals surface area contributed by atoms with E-state index in [1.807, 2.05) is 26.8 Å². The van der Waals surface area contributed by atoms with Crippen LogP contribution < -0.4 is 10.5 Å². The fourth-order valence-corrected chi connectivity index (χ4v) is 1.24. The number of nitrogens with one attached hydrogen (secondary N) is 1. The summed E-state index contributed by atoms with van der Waals surface area (Å²) in [7, 11) is -6.30. The summed E-state index contributed by atoms with van der Waals surface area (Å²) in [4.78, 5) is 9.81. The van der Waals surface area contributed by atoms with Crippen LogP contribution in [-0.2, 0) is 14.8 Å². The highest BCUT2D eigenvalue weighted by Crippen LogP contribution is 2.23. The average molecular weight is 344 g/mol. The fraction of sp³-hybridized carbons (Fsp3) is 0.667. The quantitative estimate of drug-likeness (QED) is 0.591. The summed E-state index contributed by atoms with van der Waals surface area (Å²) in [6, 6.07) is 0.213. The number of carbonyl (C=O) groups is 1. The first-order valence-electron chi connectivity index (χ1n) is 5.11. The van der Waals surface area contributed by atoms with E-state index in [1.54, 1.807) is 0 Å². The fourth-order valence-electron chi connectivity index (χ4n) is 0.764. The Morgan fingerprint density at radius 2 is 1.52 bits per heavy atom. The summed E-state index contributed by atoms with van der Waals surface area (Å²) < 4.78 is 87.9. The van der Waals surface area contributed by atoms with Gasteiger partial charge in [-0.2, -0.15) is 34.8 Å². The number of amides is 1. The third-order valence-corrected chi connectivity index (χ3v) is 2.45. The number of carbonyl (C=O) groups excluding carboxylic acids is 1. The Kier molecular flexibility index (Phi) is 7.99. The Balaban J connectivity index is 0. The van der Waals surface area contributed by atoms with Crippen LogP contribution in [0.1, 0.15) is 20.8 Å². The van der Waals surface area contributed by atoms with Gasteiger partial charge < -0.3 is 5.73 Å². The zero-order chi connectivity index (χ0) is 17.6. The number of nitrogens with two attached hydrogens (primary N) is 1. The van der Waals surface area contributed by atoms with Crippen molar-refractivity contribution in [3.63, 3.8) is 0 Å². The van der Waals surface area contributed by atoms with Crippen LogP contribution in [0.2, 0.25) is 0 Å². The van der Waals surface area contributed by atoms with Crippen LogP contribution in [0.3, 0.4) is 0 Å². The number of hydrogen-bond acceptors (Lipinski definition) is 4. The molecule has 0 aromatic carbocycles. The molecule has 0 aliphatic rings. The normalized spacial score (nSPS) is 13.6. The van der Waals surface area contributed by atoms with Gasteiger partial charge >= 0.3 is 27.6 Å². The predicted octanol–water partition coefficient (Wildman–Crippen LogP) is 1.81. The van der Waals surface area contributed by atoms with E-state index in [0.717, 1.165) is 0 Å². The van der Waals surface area contributed by atoms with E-state index in [-0.39, 0.29) is 10.8 Å². The van der Waals surface area contributed by atoms with Gasteiger partial charge in [0.1, 0.15) is 0 Å². The molecule has 1 unspecified atom stereocenters. The minimum absolute atomic E-state index is 0.181. The van der Waals surface area contributed by atoms with Crippen molar-refractivity contribution in [3.05, 3.63) is 11.6 Å². The van der Waals surface area contributed by atoms with Crippen LogP contribution in [0.4, 0.5) is 26.3 Å². The number of allylic oxidation sites excluding steroid dienone is 1. The van der Waals surface area contributed by atoms with Crippen molar-refractivity contribution >= 4 is 15.9 Å². The largest absolute Gasteiger partial charge is 0.516 e. The van der Waals surface area contributed by atoms with Crippen molar-refractivity contribution in [1.82, 2.24) is 4.72 Å². The third-order valence-electron chi connectivity index (χ3n) is 1.39. The summed E-state index contributed by atoms with van der Waals surface area (Å²) in [5.74, 6) is -3.20. The maximum Gasteiger partial charge on any atom is 0.516 e. The summed E-state index contributed by atoms with van der Waals surface area (Å²) in [5.41, 5.74) is 0.740. The molecule has 0 aromatic heterocycles. The number of hydrogen-bond donors (Lipinski definition) is 2. The van der Waals surface area contributed by atoms with Crippen molar-refractivity contribution in [1.29, 1.82) is 0 Å². The highest BCUT2D eigenvalue weighted by atomic mass is 32.2. The van der Waals surface area contributed by atoms with E-state index in [4.69, 9.17) is 5.73 Å². The molecule has 1 amide bonds. The molecule has 0 aliphatic carbocycles. The SMILES string of the molecule is CC(C)=CC(C)N.O=C(NS(=O)(=O)C(F)(F)F)C(F)(F)F. The molecular formula is C9H14F6N2O3S. The highest BCUT2D eigenvalue weighted by Gasteiger charge is 2.51. The van der Waals surface area contributed by atoms with Crippen molar-refractivity contribution in [2.75, 3.05) is 0 Å². The van der Waals surface area contributed by atoms with E-state index in [0.29, 0.717) is 0 Å². The average Bonchev–Trinajstić information content (AvgIpc) is 2.11. The van der Waals surface area contributed by atoms with Gasteiger partial charge in [0.05, 0.1) is 0 Å². The molecular weight excluding hydrogens is 330 g/mol. The van der Waals surface area contributed by atoms with Crippen molar-refractivity contribution in [2.45, 2.75) is 38.5 Å². The first-order valence-corrected chi connectivity index (χ1v) is 6.60. The zero-order valence-corrected chi connectivity index (χ0v) is 11.9. The monoisotopic (exact) mass is 344 g/mol. The molecule has 0 fully saturated rings. The molecule has 0 aliphatic heterocycles. The molecule has 0 radical (unpaired) electrons. The lowest BCUT2D eigenvalue weighted by Gasteiger charge is -2.10. The maximum atomic E-state index is 11.4. The maximum absolute atomic E-state index is 11.4. The molecule has 0 heterocycles. The van der Waals surface area contributed by atoms with E-state index >= 15 is 0 Å². The second-order valence-electron chi connectivity index (χ2n) is 3.98. The molecule has 5 nitrogen and oxygen atoms in total. The Morgan fingerprint density at radius 3 is 1.67 bits per heavy atom. The van der Waals surface area contributed by atoms with Gasteiger partial charge in [0, 0.05) is 6.04 Å². The summed E-state index contributed by atoms with van der Waals surface area (Å²) in [6.07, 6.45) is -3.67. The van der Waals surface area contributed by atoms with E-state index in [2.05, 4.69) is 0 Å². The van der Waals surface area contributed by atoms with Gasteiger partial charge in [-0.25, -0.2) is 4.72 Å². The first kappa shape index (κ1) is 22.0. The Bertz CT molecular complexity index is 475. The Labute approximate surface area is 117 Å². The van der Waals surface area contributed by atoms with Gasteiger partial charge in [-0.15, -0.1) is 0 Å². The van der Waals surface area contributed by atoms with Gasteiger partial charge in [0.2, 0.25) is 0 Å². The summed E-state index contributed by atoms with van der Waals surface area (Å²) in [5, 5.41) is 0. The smallest absolute Gasteiger partial charge is 0.325 e. The third kappa shape index (κ3) is 10.1. The first-order chi connectivity index (χ1) is 9.00. The molecule has 12 heteroatoms. The molecule has 126 valence electrons. The molecule has 1 atom stereocenters. The van der Waals surface area contributed by atoms with Crippen LogP contribution >= 0.6 is 0 Å². The van der Waals surface area contributed by atoms with E-state index < -0.39 is 27.6 Å².